The van der Waals surface area contributed by atoms with Gasteiger partial charge in [0.25, 0.3) is 0 Å². The van der Waals surface area contributed by atoms with Crippen LogP contribution in [-0.4, -0.2) is 40.8 Å². The number of aromatic hydroxyl groups is 1. The van der Waals surface area contributed by atoms with Crippen LogP contribution < -0.4 is 4.74 Å². The lowest BCUT2D eigenvalue weighted by Crippen LogP contribution is -2.34. The smallest absolute Gasteiger partial charge is 0.303 e. The predicted molar refractivity (Wildman–Crippen MR) is 81.8 cm³/mol. The topological polar surface area (TPSA) is 70.0 Å². The molecule has 1 aromatic carbocycles. The van der Waals surface area contributed by atoms with Gasteiger partial charge in [-0.3, -0.25) is 9.69 Å². The first-order chi connectivity index (χ1) is 9.86. The van der Waals surface area contributed by atoms with Crippen LogP contribution in [0, 0.1) is 0 Å². The Kier molecular flexibility index (Phi) is 6.49. The fourth-order valence-corrected chi connectivity index (χ4v) is 2.46. The number of carboxylic acids is 1. The number of hydrogen-bond donors (Lipinski definition) is 2. The average Bonchev–Trinajstić information content (AvgIpc) is 2.42. The Hall–Kier alpha value is -1.75. The Morgan fingerprint density at radius 1 is 1.33 bits per heavy atom. The summed E-state index contributed by atoms with van der Waals surface area (Å²) in [6, 6.07) is 5.74. The molecule has 0 aliphatic heterocycles. The van der Waals surface area contributed by atoms with Crippen molar-refractivity contribution in [1.29, 1.82) is 0 Å². The highest BCUT2D eigenvalue weighted by Crippen LogP contribution is 2.31. The Morgan fingerprint density at radius 3 is 2.52 bits per heavy atom. The molecule has 2 N–H and O–H groups in total. The van der Waals surface area contributed by atoms with E-state index in [1.54, 1.807) is 6.07 Å². The zero-order valence-corrected chi connectivity index (χ0v) is 13.2. The van der Waals surface area contributed by atoms with Gasteiger partial charge >= 0.3 is 5.97 Å². The lowest BCUT2D eigenvalue weighted by molar-refractivity contribution is -0.137. The van der Waals surface area contributed by atoms with Crippen molar-refractivity contribution < 1.29 is 19.7 Å². The van der Waals surface area contributed by atoms with Gasteiger partial charge in [-0.15, -0.1) is 0 Å². The summed E-state index contributed by atoms with van der Waals surface area (Å²) in [5.74, 6) is -0.193. The minimum Gasteiger partial charge on any atom is -0.504 e. The van der Waals surface area contributed by atoms with E-state index in [0.717, 1.165) is 5.56 Å². The summed E-state index contributed by atoms with van der Waals surface area (Å²) in [5.41, 5.74) is 1.04. The van der Waals surface area contributed by atoms with Gasteiger partial charge in [-0.2, -0.15) is 0 Å². The van der Waals surface area contributed by atoms with Gasteiger partial charge < -0.3 is 14.9 Å². The first-order valence-corrected chi connectivity index (χ1v) is 7.21. The lowest BCUT2D eigenvalue weighted by atomic mass is 10.0. The number of hydrogen-bond acceptors (Lipinski definition) is 4. The lowest BCUT2D eigenvalue weighted by Gasteiger charge is -2.33. The fourth-order valence-electron chi connectivity index (χ4n) is 2.46. The Labute approximate surface area is 126 Å². The van der Waals surface area contributed by atoms with E-state index in [-0.39, 0.29) is 18.2 Å². The summed E-state index contributed by atoms with van der Waals surface area (Å²) in [6.07, 6.45) is 0.794. The molecule has 118 valence electrons. The van der Waals surface area contributed by atoms with E-state index in [1.807, 2.05) is 12.1 Å². The van der Waals surface area contributed by atoms with Gasteiger partial charge in [0, 0.05) is 18.5 Å². The van der Waals surface area contributed by atoms with Crippen molar-refractivity contribution in [2.45, 2.75) is 45.7 Å². The molecule has 0 amide bonds. The number of ether oxygens (including phenoxy) is 1. The van der Waals surface area contributed by atoms with Gasteiger partial charge in [-0.25, -0.2) is 0 Å². The summed E-state index contributed by atoms with van der Waals surface area (Å²) in [6.45, 7) is 6.98. The second-order valence-electron chi connectivity index (χ2n) is 5.44. The number of carbonyl (C=O) groups is 1. The zero-order chi connectivity index (χ0) is 16.0. The first-order valence-electron chi connectivity index (χ1n) is 7.21. The Morgan fingerprint density at radius 2 is 2.00 bits per heavy atom. The molecular formula is C16H25NO4. The maximum Gasteiger partial charge on any atom is 0.303 e. The van der Waals surface area contributed by atoms with Gasteiger partial charge in [0.2, 0.25) is 0 Å². The van der Waals surface area contributed by atoms with Crippen LogP contribution in [0.15, 0.2) is 18.2 Å². The standard InChI is InChI=1S/C16H25NO4/c1-11(2)17(9-5-6-16(19)20)12(3)13-7-8-14(18)15(10-13)21-4/h7-8,10-12,18H,5-6,9H2,1-4H3,(H,19,20). The number of benzene rings is 1. The quantitative estimate of drug-likeness (QED) is 0.771. The van der Waals surface area contributed by atoms with Gasteiger partial charge in [0.05, 0.1) is 7.11 Å². The largest absolute Gasteiger partial charge is 0.504 e. The minimum atomic E-state index is -0.766. The summed E-state index contributed by atoms with van der Waals surface area (Å²) < 4.78 is 5.14. The van der Waals surface area contributed by atoms with E-state index < -0.39 is 5.97 Å². The van der Waals surface area contributed by atoms with E-state index in [9.17, 15) is 9.90 Å². The summed E-state index contributed by atoms with van der Waals surface area (Å²) in [4.78, 5) is 12.9. The van der Waals surface area contributed by atoms with E-state index in [1.165, 1.54) is 7.11 Å². The van der Waals surface area contributed by atoms with Gasteiger partial charge in [0.1, 0.15) is 0 Å². The van der Waals surface area contributed by atoms with Crippen LogP contribution in [0.3, 0.4) is 0 Å². The molecule has 0 spiro atoms. The highest BCUT2D eigenvalue weighted by atomic mass is 16.5. The second kappa shape index (κ2) is 7.88. The van der Waals surface area contributed by atoms with Crippen molar-refractivity contribution in [2.24, 2.45) is 0 Å². The second-order valence-corrected chi connectivity index (χ2v) is 5.44. The van der Waals surface area contributed by atoms with Crippen LogP contribution in [0.5, 0.6) is 11.5 Å². The summed E-state index contributed by atoms with van der Waals surface area (Å²) in [7, 11) is 1.52. The van der Waals surface area contributed by atoms with E-state index >= 15 is 0 Å². The maximum absolute atomic E-state index is 10.6. The van der Waals surface area contributed by atoms with Crippen molar-refractivity contribution >= 4 is 5.97 Å². The van der Waals surface area contributed by atoms with Crippen LogP contribution in [-0.2, 0) is 4.79 Å². The summed E-state index contributed by atoms with van der Waals surface area (Å²) in [5, 5.41) is 18.4. The Bertz CT molecular complexity index is 473. The van der Waals surface area contributed by atoms with Gasteiger partial charge in [-0.05, 0) is 51.4 Å². The molecule has 5 nitrogen and oxygen atoms in total. The zero-order valence-electron chi connectivity index (χ0n) is 13.2. The van der Waals surface area contributed by atoms with E-state index in [2.05, 4.69) is 25.7 Å². The van der Waals surface area contributed by atoms with Crippen LogP contribution >= 0.6 is 0 Å². The van der Waals surface area contributed by atoms with Crippen molar-refractivity contribution in [1.82, 2.24) is 4.90 Å². The van der Waals surface area contributed by atoms with E-state index in [0.29, 0.717) is 24.8 Å². The molecule has 1 aromatic rings. The molecule has 0 bridgehead atoms. The first kappa shape index (κ1) is 17.3. The highest BCUT2D eigenvalue weighted by Gasteiger charge is 2.20. The predicted octanol–water partition coefficient (Wildman–Crippen LogP) is 3.04. The van der Waals surface area contributed by atoms with Crippen LogP contribution in [0.1, 0.15) is 45.2 Å². The molecular weight excluding hydrogens is 270 g/mol. The summed E-state index contributed by atoms with van der Waals surface area (Å²) >= 11 is 0. The molecule has 0 aliphatic rings. The van der Waals surface area contributed by atoms with Crippen molar-refractivity contribution in [2.75, 3.05) is 13.7 Å². The third-order valence-electron chi connectivity index (χ3n) is 3.65. The van der Waals surface area contributed by atoms with Crippen LogP contribution in [0.25, 0.3) is 0 Å². The highest BCUT2D eigenvalue weighted by molar-refractivity contribution is 5.66. The molecule has 0 aromatic heterocycles. The molecule has 1 unspecified atom stereocenters. The molecule has 0 heterocycles. The molecule has 21 heavy (non-hydrogen) atoms. The van der Waals surface area contributed by atoms with Crippen molar-refractivity contribution in [3.8, 4) is 11.5 Å². The fraction of sp³-hybridized carbons (Fsp3) is 0.562. The number of nitrogens with zero attached hydrogens (tertiary/aromatic N) is 1. The molecule has 0 saturated carbocycles. The molecule has 5 heteroatoms. The molecule has 1 rings (SSSR count). The number of carboxylic acid groups (broad SMARTS) is 1. The third-order valence-corrected chi connectivity index (χ3v) is 3.65. The molecule has 0 radical (unpaired) electrons. The van der Waals surface area contributed by atoms with Crippen molar-refractivity contribution in [3.05, 3.63) is 23.8 Å². The number of methoxy groups -OCH3 is 1. The molecule has 0 saturated heterocycles. The SMILES string of the molecule is COc1cc(C(C)N(CCCC(=O)O)C(C)C)ccc1O. The Balaban J connectivity index is 2.84. The number of phenols is 1. The number of aliphatic carboxylic acids is 1. The van der Waals surface area contributed by atoms with E-state index in [4.69, 9.17) is 9.84 Å². The third kappa shape index (κ3) is 4.93. The van der Waals surface area contributed by atoms with Crippen LogP contribution in [0.4, 0.5) is 0 Å². The van der Waals surface area contributed by atoms with Crippen molar-refractivity contribution in [3.63, 3.8) is 0 Å². The number of phenolic OH excluding ortho intramolecular Hbond substituents is 1. The molecule has 0 fully saturated rings. The molecule has 0 aliphatic carbocycles. The average molecular weight is 295 g/mol. The minimum absolute atomic E-state index is 0.119. The number of rotatable bonds is 8. The normalized spacial score (nSPS) is 12.7. The monoisotopic (exact) mass is 295 g/mol. The van der Waals surface area contributed by atoms with Crippen LogP contribution in [0.2, 0.25) is 0 Å². The maximum atomic E-state index is 10.6. The van der Waals surface area contributed by atoms with Gasteiger partial charge in [-0.1, -0.05) is 6.07 Å². The molecule has 1 atom stereocenters. The van der Waals surface area contributed by atoms with Gasteiger partial charge in [0.15, 0.2) is 11.5 Å².